The number of ketones is 1. The smallest absolute Gasteiger partial charge is 0.411 e. The number of nitrogens with zero attached hydrogens (tertiary/aromatic N) is 1. The number of hydrogen-bond donors (Lipinski definition) is 0. The lowest BCUT2D eigenvalue weighted by atomic mass is 9.85. The van der Waals surface area contributed by atoms with Gasteiger partial charge in [0.1, 0.15) is 17.4 Å². The Kier molecular flexibility index (Phi) is 7.72. The fourth-order valence-electron chi connectivity index (χ4n) is 5.91. The molecule has 2 aliphatic rings. The highest BCUT2D eigenvalue weighted by Crippen LogP contribution is 2.50. The van der Waals surface area contributed by atoms with Crippen molar-refractivity contribution in [1.29, 1.82) is 0 Å². The van der Waals surface area contributed by atoms with Crippen molar-refractivity contribution in [2.45, 2.75) is 43.7 Å². The maximum Gasteiger partial charge on any atom is 0.411 e. The maximum absolute atomic E-state index is 13.7. The summed E-state index contributed by atoms with van der Waals surface area (Å²) in [5.74, 6) is -0.646. The van der Waals surface area contributed by atoms with Gasteiger partial charge in [-0.1, -0.05) is 97.1 Å². The lowest BCUT2D eigenvalue weighted by Crippen LogP contribution is -2.57. The molecule has 0 spiro atoms. The van der Waals surface area contributed by atoms with Gasteiger partial charge >= 0.3 is 6.09 Å². The summed E-state index contributed by atoms with van der Waals surface area (Å²) in [6.07, 6.45) is 0.763. The van der Waals surface area contributed by atoms with E-state index in [1.54, 1.807) is 11.0 Å². The first-order valence-electron chi connectivity index (χ1n) is 13.1. The van der Waals surface area contributed by atoms with Crippen molar-refractivity contribution in [1.82, 2.24) is 4.90 Å². The van der Waals surface area contributed by atoms with Gasteiger partial charge in [0.05, 0.1) is 25.2 Å². The maximum atomic E-state index is 13.7. The number of amides is 1. The predicted molar refractivity (Wildman–Crippen MR) is 144 cm³/mol. The second kappa shape index (κ2) is 11.3. The Hall–Kier alpha value is -3.74. The summed E-state index contributed by atoms with van der Waals surface area (Å²) in [5.41, 5.74) is 1.74. The molecular weight excluding hydrogens is 478 g/mol. The standard InChI is InChI=1S/C32H33NO5/c1-3-26-27(34)20-28(32(26,37-4-2)22-36-21-23-14-8-5-9-15-23)33-29(24-16-10-6-11-17-24)30(38-31(33)35)25-18-12-7-13-19-25/h3,5-19,26,28-30H,1,4,20-22H2,2H3/t26?,28-,29+,30-,32-/m0/s1. The Labute approximate surface area is 223 Å². The van der Waals surface area contributed by atoms with E-state index in [4.69, 9.17) is 14.2 Å². The van der Waals surface area contributed by atoms with Gasteiger partial charge in [0.2, 0.25) is 0 Å². The zero-order chi connectivity index (χ0) is 26.5. The molecular formula is C32H33NO5. The Morgan fingerprint density at radius 3 is 2.16 bits per heavy atom. The quantitative estimate of drug-likeness (QED) is 0.310. The molecule has 5 rings (SSSR count). The topological polar surface area (TPSA) is 65.1 Å². The van der Waals surface area contributed by atoms with Gasteiger partial charge in [-0.25, -0.2) is 4.79 Å². The van der Waals surface area contributed by atoms with Crippen LogP contribution in [0.3, 0.4) is 0 Å². The van der Waals surface area contributed by atoms with Crippen LogP contribution >= 0.6 is 0 Å². The fourth-order valence-corrected chi connectivity index (χ4v) is 5.91. The van der Waals surface area contributed by atoms with E-state index in [-0.39, 0.29) is 18.8 Å². The molecule has 6 nitrogen and oxygen atoms in total. The van der Waals surface area contributed by atoms with Crippen molar-refractivity contribution in [3.8, 4) is 0 Å². The van der Waals surface area contributed by atoms with Crippen molar-refractivity contribution in [2.24, 2.45) is 5.92 Å². The van der Waals surface area contributed by atoms with Crippen LogP contribution in [-0.4, -0.2) is 41.6 Å². The molecule has 1 aliphatic heterocycles. The van der Waals surface area contributed by atoms with Crippen molar-refractivity contribution in [3.05, 3.63) is 120 Å². The van der Waals surface area contributed by atoms with Gasteiger partial charge in [0, 0.05) is 13.0 Å². The number of hydrogen-bond acceptors (Lipinski definition) is 5. The highest BCUT2D eigenvalue weighted by atomic mass is 16.6. The minimum Gasteiger partial charge on any atom is -0.439 e. The van der Waals surface area contributed by atoms with Gasteiger partial charge in [-0.05, 0) is 23.6 Å². The normalized spacial score (nSPS) is 26.9. The van der Waals surface area contributed by atoms with Gasteiger partial charge in [-0.2, -0.15) is 0 Å². The summed E-state index contributed by atoms with van der Waals surface area (Å²) in [5, 5.41) is 0. The Morgan fingerprint density at radius 2 is 1.55 bits per heavy atom. The monoisotopic (exact) mass is 511 g/mol. The number of Topliss-reactive ketones (excluding diaryl/α,β-unsaturated/α-hetero) is 1. The van der Waals surface area contributed by atoms with Crippen LogP contribution in [0, 0.1) is 5.92 Å². The van der Waals surface area contributed by atoms with Gasteiger partial charge < -0.3 is 14.2 Å². The molecule has 3 aromatic rings. The Balaban J connectivity index is 1.55. The first-order chi connectivity index (χ1) is 18.6. The molecule has 0 N–H and O–H groups in total. The molecule has 1 saturated carbocycles. The molecule has 5 atom stereocenters. The summed E-state index contributed by atoms with van der Waals surface area (Å²) in [6.45, 7) is 6.70. The third-order valence-electron chi connectivity index (χ3n) is 7.55. The molecule has 38 heavy (non-hydrogen) atoms. The van der Waals surface area contributed by atoms with E-state index in [1.165, 1.54) is 0 Å². The summed E-state index contributed by atoms with van der Waals surface area (Å²) in [4.78, 5) is 28.8. The van der Waals surface area contributed by atoms with Crippen LogP contribution in [0.2, 0.25) is 0 Å². The van der Waals surface area contributed by atoms with E-state index in [0.29, 0.717) is 13.2 Å². The van der Waals surface area contributed by atoms with Crippen molar-refractivity contribution < 1.29 is 23.8 Å². The number of benzene rings is 3. The number of cyclic esters (lactones) is 1. The fraction of sp³-hybridized carbons (Fsp3) is 0.312. The van der Waals surface area contributed by atoms with Gasteiger partial charge in [0.25, 0.3) is 0 Å². The molecule has 0 bridgehead atoms. The zero-order valence-electron chi connectivity index (χ0n) is 21.6. The Morgan fingerprint density at radius 1 is 0.947 bits per heavy atom. The predicted octanol–water partition coefficient (Wildman–Crippen LogP) is 6.06. The lowest BCUT2D eigenvalue weighted by Gasteiger charge is -2.42. The molecule has 1 unspecified atom stereocenters. The molecule has 3 aromatic carbocycles. The van der Waals surface area contributed by atoms with E-state index >= 15 is 0 Å². The molecule has 6 heteroatoms. The van der Waals surface area contributed by atoms with Gasteiger partial charge in [-0.3, -0.25) is 9.69 Å². The summed E-state index contributed by atoms with van der Waals surface area (Å²) in [7, 11) is 0. The third-order valence-corrected chi connectivity index (χ3v) is 7.55. The molecule has 2 fully saturated rings. The van der Waals surface area contributed by atoms with Crippen molar-refractivity contribution in [2.75, 3.05) is 13.2 Å². The first-order valence-corrected chi connectivity index (χ1v) is 13.1. The summed E-state index contributed by atoms with van der Waals surface area (Å²) in [6, 6.07) is 28.4. The van der Waals surface area contributed by atoms with E-state index < -0.39 is 35.8 Å². The van der Waals surface area contributed by atoms with Gasteiger partial charge in [0.15, 0.2) is 6.10 Å². The van der Waals surface area contributed by atoms with Crippen LogP contribution in [0.4, 0.5) is 4.79 Å². The molecule has 1 saturated heterocycles. The molecule has 0 aromatic heterocycles. The second-order valence-electron chi connectivity index (χ2n) is 9.74. The van der Waals surface area contributed by atoms with E-state index in [2.05, 4.69) is 6.58 Å². The minimum atomic E-state index is -1.10. The van der Waals surface area contributed by atoms with Crippen LogP contribution in [0.15, 0.2) is 104 Å². The van der Waals surface area contributed by atoms with Crippen molar-refractivity contribution >= 4 is 11.9 Å². The van der Waals surface area contributed by atoms with E-state index in [1.807, 2.05) is 97.9 Å². The molecule has 1 heterocycles. The average molecular weight is 512 g/mol. The van der Waals surface area contributed by atoms with Gasteiger partial charge in [-0.15, -0.1) is 6.58 Å². The summed E-state index contributed by atoms with van der Waals surface area (Å²) < 4.78 is 18.7. The molecule has 1 amide bonds. The largest absolute Gasteiger partial charge is 0.439 e. The zero-order valence-corrected chi connectivity index (χ0v) is 21.6. The highest BCUT2D eigenvalue weighted by molar-refractivity contribution is 5.89. The van der Waals surface area contributed by atoms with E-state index in [9.17, 15) is 9.59 Å². The lowest BCUT2D eigenvalue weighted by molar-refractivity contribution is -0.146. The Bertz CT molecular complexity index is 1250. The second-order valence-corrected chi connectivity index (χ2v) is 9.74. The van der Waals surface area contributed by atoms with E-state index in [0.717, 1.165) is 16.7 Å². The molecule has 196 valence electrons. The number of ether oxygens (including phenoxy) is 3. The molecule has 0 radical (unpaired) electrons. The third kappa shape index (κ3) is 4.77. The van der Waals surface area contributed by atoms with Crippen LogP contribution in [0.1, 0.15) is 42.2 Å². The SMILES string of the molecule is C=CC1C(=O)C[C@H](N2C(=O)O[C@@H](c3ccccc3)[C@H]2c2ccccc2)[C@@]1(COCc1ccccc1)OCC. The van der Waals surface area contributed by atoms with Crippen LogP contribution in [0.25, 0.3) is 0 Å². The average Bonchev–Trinajstić information content (AvgIpc) is 3.43. The number of rotatable bonds is 10. The van der Waals surface area contributed by atoms with Crippen LogP contribution in [0.5, 0.6) is 0 Å². The minimum absolute atomic E-state index is 0.0236. The number of carbonyl (C=O) groups is 2. The van der Waals surface area contributed by atoms with Crippen LogP contribution < -0.4 is 0 Å². The van der Waals surface area contributed by atoms with Crippen LogP contribution in [-0.2, 0) is 25.6 Å². The first kappa shape index (κ1) is 25.9. The van der Waals surface area contributed by atoms with Crippen molar-refractivity contribution in [3.63, 3.8) is 0 Å². The highest BCUT2D eigenvalue weighted by Gasteiger charge is 2.62. The molecule has 1 aliphatic carbocycles. The summed E-state index contributed by atoms with van der Waals surface area (Å²) >= 11 is 0. The number of carbonyl (C=O) groups excluding carboxylic acids is 2.